The largest absolute Gasteiger partial charge is 0.457 e. The van der Waals surface area contributed by atoms with Crippen LogP contribution in [0.15, 0.2) is 115 Å². The predicted molar refractivity (Wildman–Crippen MR) is 162 cm³/mol. The number of anilines is 4. The molecule has 2 aliphatic rings. The first-order chi connectivity index (χ1) is 20.9. The summed E-state index contributed by atoms with van der Waals surface area (Å²) in [4.78, 5) is 53.9. The number of hydrogen-bond acceptors (Lipinski definition) is 6. The fourth-order valence-corrected chi connectivity index (χ4v) is 5.33. The van der Waals surface area contributed by atoms with E-state index in [0.29, 0.717) is 17.2 Å². The van der Waals surface area contributed by atoms with Crippen molar-refractivity contribution in [2.24, 2.45) is 0 Å². The first kappa shape index (κ1) is 25.9. The van der Waals surface area contributed by atoms with Crippen LogP contribution in [0, 0.1) is 6.92 Å². The van der Waals surface area contributed by atoms with Gasteiger partial charge < -0.3 is 9.64 Å². The summed E-state index contributed by atoms with van der Waals surface area (Å²) in [6.45, 7) is 2.04. The highest BCUT2D eigenvalue weighted by Gasteiger charge is 2.37. The molecular formula is C35H23N3O5. The summed E-state index contributed by atoms with van der Waals surface area (Å²) in [5.41, 5.74) is 5.41. The molecule has 208 valence electrons. The van der Waals surface area contributed by atoms with E-state index in [1.165, 1.54) is 18.2 Å². The lowest BCUT2D eigenvalue weighted by Gasteiger charge is -2.26. The van der Waals surface area contributed by atoms with Crippen LogP contribution < -0.4 is 19.9 Å². The summed E-state index contributed by atoms with van der Waals surface area (Å²) in [5.74, 6) is -1.19. The first-order valence-corrected chi connectivity index (χ1v) is 13.6. The number of rotatable bonds is 6. The molecule has 7 rings (SSSR count). The Bertz CT molecular complexity index is 1950. The van der Waals surface area contributed by atoms with Crippen molar-refractivity contribution in [2.75, 3.05) is 9.80 Å². The van der Waals surface area contributed by atoms with E-state index < -0.39 is 23.6 Å². The van der Waals surface area contributed by atoms with Gasteiger partial charge in [0.05, 0.1) is 27.9 Å². The minimum absolute atomic E-state index is 0.214. The van der Waals surface area contributed by atoms with Crippen molar-refractivity contribution in [1.82, 2.24) is 5.32 Å². The molecule has 0 atom stereocenters. The molecule has 8 nitrogen and oxygen atoms in total. The van der Waals surface area contributed by atoms with Crippen LogP contribution in [-0.2, 0) is 0 Å². The molecule has 0 unspecified atom stereocenters. The first-order valence-electron chi connectivity index (χ1n) is 13.6. The standard InChI is InChI=1S/C35H23N3O5/c1-21-7-9-23(10-8-21)37(22-5-3-2-4-6-22)24-11-13-25(14-12-24)38-34(41)29-18-16-27(20-31(29)35(38)42)43-26-15-17-28-30(19-26)33(40)36-32(28)39/h2-20H,1H3,(H,36,39,40). The van der Waals surface area contributed by atoms with Crippen LogP contribution in [0.3, 0.4) is 0 Å². The zero-order chi connectivity index (χ0) is 29.7. The average Bonchev–Trinajstić information content (AvgIpc) is 3.45. The van der Waals surface area contributed by atoms with Crippen molar-refractivity contribution in [2.45, 2.75) is 6.92 Å². The lowest BCUT2D eigenvalue weighted by molar-refractivity contribution is 0.0874. The van der Waals surface area contributed by atoms with Crippen molar-refractivity contribution < 1.29 is 23.9 Å². The van der Waals surface area contributed by atoms with Gasteiger partial charge in [0.25, 0.3) is 23.6 Å². The second-order valence-corrected chi connectivity index (χ2v) is 10.3. The van der Waals surface area contributed by atoms with Gasteiger partial charge in [-0.15, -0.1) is 0 Å². The van der Waals surface area contributed by atoms with Crippen LogP contribution in [0.25, 0.3) is 0 Å². The lowest BCUT2D eigenvalue weighted by Crippen LogP contribution is -2.29. The number of para-hydroxylation sites is 1. The molecule has 0 bridgehead atoms. The second kappa shape index (κ2) is 10.1. The summed E-state index contributed by atoms with van der Waals surface area (Å²) in [6, 6.07) is 34.7. The van der Waals surface area contributed by atoms with E-state index >= 15 is 0 Å². The summed E-state index contributed by atoms with van der Waals surface area (Å²) >= 11 is 0. The van der Waals surface area contributed by atoms with E-state index in [2.05, 4.69) is 34.5 Å². The molecule has 0 radical (unpaired) electrons. The molecule has 5 aromatic carbocycles. The minimum atomic E-state index is -0.493. The predicted octanol–water partition coefficient (Wildman–Crippen LogP) is 6.94. The van der Waals surface area contributed by atoms with Crippen LogP contribution in [0.5, 0.6) is 11.5 Å². The Labute approximate surface area is 246 Å². The molecular weight excluding hydrogens is 542 g/mol. The van der Waals surface area contributed by atoms with E-state index in [1.54, 1.807) is 30.3 Å². The van der Waals surface area contributed by atoms with Crippen molar-refractivity contribution in [3.05, 3.63) is 143 Å². The average molecular weight is 566 g/mol. The number of imide groups is 2. The van der Waals surface area contributed by atoms with Gasteiger partial charge in [-0.05, 0) is 91.9 Å². The maximum absolute atomic E-state index is 13.5. The van der Waals surface area contributed by atoms with Crippen LogP contribution in [0.4, 0.5) is 22.7 Å². The van der Waals surface area contributed by atoms with Gasteiger partial charge >= 0.3 is 0 Å². The van der Waals surface area contributed by atoms with E-state index in [1.807, 2.05) is 49.4 Å². The van der Waals surface area contributed by atoms with Gasteiger partial charge in [-0.3, -0.25) is 24.5 Å². The Hall–Kier alpha value is -6.02. The molecule has 0 aromatic heterocycles. The van der Waals surface area contributed by atoms with Gasteiger partial charge in [0.1, 0.15) is 11.5 Å². The van der Waals surface area contributed by atoms with Gasteiger partial charge in [0.15, 0.2) is 0 Å². The molecule has 5 aromatic rings. The fraction of sp³-hybridized carbons (Fsp3) is 0.0286. The molecule has 8 heteroatoms. The van der Waals surface area contributed by atoms with Crippen molar-refractivity contribution in [1.29, 1.82) is 0 Å². The molecule has 0 saturated carbocycles. The van der Waals surface area contributed by atoms with Crippen molar-refractivity contribution in [3.63, 3.8) is 0 Å². The molecule has 1 N–H and O–H groups in total. The third kappa shape index (κ3) is 4.51. The molecule has 4 amide bonds. The van der Waals surface area contributed by atoms with Crippen molar-refractivity contribution in [3.8, 4) is 11.5 Å². The number of benzene rings is 5. The smallest absolute Gasteiger partial charge is 0.266 e. The summed E-state index contributed by atoms with van der Waals surface area (Å²) in [6.07, 6.45) is 0. The Morgan fingerprint density at radius 3 is 1.77 bits per heavy atom. The van der Waals surface area contributed by atoms with Gasteiger partial charge in [-0.2, -0.15) is 0 Å². The number of nitrogens with one attached hydrogen (secondary N) is 1. The van der Waals surface area contributed by atoms with Gasteiger partial charge in [-0.25, -0.2) is 4.90 Å². The third-order valence-electron chi connectivity index (χ3n) is 7.47. The van der Waals surface area contributed by atoms with Crippen molar-refractivity contribution >= 4 is 46.4 Å². The zero-order valence-corrected chi connectivity index (χ0v) is 22.9. The van der Waals surface area contributed by atoms with Crippen LogP contribution in [0.2, 0.25) is 0 Å². The normalized spacial score (nSPS) is 13.6. The number of aryl methyl sites for hydroxylation is 1. The Morgan fingerprint density at radius 1 is 0.558 bits per heavy atom. The minimum Gasteiger partial charge on any atom is -0.457 e. The highest BCUT2D eigenvalue weighted by molar-refractivity contribution is 6.34. The summed E-state index contributed by atoms with van der Waals surface area (Å²) in [5, 5.41) is 2.24. The third-order valence-corrected chi connectivity index (χ3v) is 7.47. The zero-order valence-electron chi connectivity index (χ0n) is 22.9. The molecule has 2 heterocycles. The fourth-order valence-electron chi connectivity index (χ4n) is 5.33. The van der Waals surface area contributed by atoms with E-state index in [9.17, 15) is 19.2 Å². The van der Waals surface area contributed by atoms with Gasteiger partial charge in [-0.1, -0.05) is 35.9 Å². The number of ether oxygens (including phenoxy) is 1. The number of carbonyl (C=O) groups excluding carboxylic acids is 4. The molecule has 0 aliphatic carbocycles. The Balaban J connectivity index is 1.16. The summed E-state index contributed by atoms with van der Waals surface area (Å²) < 4.78 is 5.89. The second-order valence-electron chi connectivity index (χ2n) is 10.3. The maximum atomic E-state index is 13.5. The monoisotopic (exact) mass is 565 g/mol. The number of fused-ring (bicyclic) bond motifs is 2. The van der Waals surface area contributed by atoms with E-state index in [4.69, 9.17) is 4.74 Å². The molecule has 0 fully saturated rings. The quantitative estimate of drug-likeness (QED) is 0.224. The molecule has 2 aliphatic heterocycles. The Kier molecular flexibility index (Phi) is 6.09. The number of carbonyl (C=O) groups is 4. The molecule has 43 heavy (non-hydrogen) atoms. The van der Waals surface area contributed by atoms with Crippen LogP contribution in [0.1, 0.15) is 47.0 Å². The number of amides is 4. The number of nitrogens with zero attached hydrogens (tertiary/aromatic N) is 2. The summed E-state index contributed by atoms with van der Waals surface area (Å²) in [7, 11) is 0. The highest BCUT2D eigenvalue weighted by Crippen LogP contribution is 2.37. The molecule has 0 spiro atoms. The SMILES string of the molecule is Cc1ccc(N(c2ccccc2)c2ccc(N3C(=O)c4ccc(Oc5ccc6c(c5)C(=O)NC6=O)cc4C3=O)cc2)cc1. The maximum Gasteiger partial charge on any atom is 0.266 e. The number of hydrogen-bond donors (Lipinski definition) is 1. The van der Waals surface area contributed by atoms with Crippen LogP contribution >= 0.6 is 0 Å². The lowest BCUT2D eigenvalue weighted by atomic mass is 10.1. The molecule has 0 saturated heterocycles. The van der Waals surface area contributed by atoms with Gasteiger partial charge in [0, 0.05) is 17.1 Å². The van der Waals surface area contributed by atoms with Crippen LogP contribution in [-0.4, -0.2) is 23.6 Å². The van der Waals surface area contributed by atoms with E-state index in [0.717, 1.165) is 27.5 Å². The van der Waals surface area contributed by atoms with E-state index in [-0.39, 0.29) is 22.3 Å². The Morgan fingerprint density at radius 2 is 1.09 bits per heavy atom. The topological polar surface area (TPSA) is 96.0 Å². The highest BCUT2D eigenvalue weighted by atomic mass is 16.5. The van der Waals surface area contributed by atoms with Gasteiger partial charge in [0.2, 0.25) is 0 Å².